The summed E-state index contributed by atoms with van der Waals surface area (Å²) in [6.45, 7) is 2.99. The van der Waals surface area contributed by atoms with E-state index in [4.69, 9.17) is 4.52 Å². The molecule has 0 saturated carbocycles. The third-order valence-corrected chi connectivity index (χ3v) is 8.48. The molecule has 0 bridgehead atoms. The van der Waals surface area contributed by atoms with Gasteiger partial charge in [0.1, 0.15) is 22.7 Å². The molecule has 8 nitrogen and oxygen atoms in total. The largest absolute Gasteiger partial charge is 0.360 e. The average Bonchev–Trinajstić information content (AvgIpc) is 3.67. The first-order valence-corrected chi connectivity index (χ1v) is 13.7. The fraction of sp³-hybridized carbons (Fsp3) is 0.222. The maximum Gasteiger partial charge on any atom is 0.276 e. The zero-order valence-electron chi connectivity index (χ0n) is 20.0. The van der Waals surface area contributed by atoms with E-state index in [-0.39, 0.29) is 17.7 Å². The maximum absolute atomic E-state index is 13.4. The molecule has 186 valence electrons. The molecule has 0 aliphatic carbocycles. The summed E-state index contributed by atoms with van der Waals surface area (Å²) in [4.78, 5) is 37.1. The van der Waals surface area contributed by atoms with Crippen LogP contribution in [-0.2, 0) is 0 Å². The molecule has 2 aromatic carbocycles. The van der Waals surface area contributed by atoms with Crippen LogP contribution < -0.4 is 5.32 Å². The van der Waals surface area contributed by atoms with E-state index in [2.05, 4.69) is 20.4 Å². The second-order valence-corrected chi connectivity index (χ2v) is 10.8. The van der Waals surface area contributed by atoms with Crippen molar-refractivity contribution in [1.82, 2.24) is 20.0 Å². The Morgan fingerprint density at radius 1 is 1.03 bits per heavy atom. The Balaban J connectivity index is 1.10. The molecule has 1 aliphatic rings. The molecule has 2 amide bonds. The number of amides is 2. The van der Waals surface area contributed by atoms with Gasteiger partial charge in [0.25, 0.3) is 11.8 Å². The van der Waals surface area contributed by atoms with E-state index in [1.54, 1.807) is 12.3 Å². The third kappa shape index (κ3) is 4.65. The summed E-state index contributed by atoms with van der Waals surface area (Å²) in [7, 11) is 0. The van der Waals surface area contributed by atoms with E-state index < -0.39 is 0 Å². The molecule has 37 heavy (non-hydrogen) atoms. The fourth-order valence-electron chi connectivity index (χ4n) is 4.57. The number of anilines is 1. The van der Waals surface area contributed by atoms with Crippen LogP contribution in [-0.4, -0.2) is 44.9 Å². The van der Waals surface area contributed by atoms with E-state index in [1.807, 2.05) is 59.5 Å². The lowest BCUT2D eigenvalue weighted by molar-refractivity contribution is 0.0711. The van der Waals surface area contributed by atoms with Crippen LogP contribution in [0.4, 0.5) is 5.13 Å². The summed E-state index contributed by atoms with van der Waals surface area (Å²) in [6.07, 6.45) is 1.56. The van der Waals surface area contributed by atoms with Crippen LogP contribution in [0.2, 0.25) is 0 Å². The van der Waals surface area contributed by atoms with E-state index in [0.29, 0.717) is 40.9 Å². The topological polar surface area (TPSA) is 101 Å². The SMILES string of the molecule is Cc1onc(-c2ccccc2)c1C(=O)N1CCC(c2nc(C(=O)Nc3nc4ccccc4s3)cs2)CC1. The number of nitrogens with one attached hydrogen (secondary N) is 1. The minimum Gasteiger partial charge on any atom is -0.360 e. The lowest BCUT2D eigenvalue weighted by Crippen LogP contribution is -2.38. The molecule has 1 N–H and O–H groups in total. The first-order valence-electron chi connectivity index (χ1n) is 12.0. The summed E-state index contributed by atoms with van der Waals surface area (Å²) >= 11 is 2.93. The smallest absolute Gasteiger partial charge is 0.276 e. The van der Waals surface area contributed by atoms with Crippen molar-refractivity contribution in [2.75, 3.05) is 18.4 Å². The first-order chi connectivity index (χ1) is 18.1. The molecule has 0 atom stereocenters. The van der Waals surface area contributed by atoms with E-state index in [0.717, 1.165) is 33.6 Å². The number of piperidine rings is 1. The van der Waals surface area contributed by atoms with Gasteiger partial charge in [-0.3, -0.25) is 14.9 Å². The van der Waals surface area contributed by atoms with Crippen LogP contribution >= 0.6 is 22.7 Å². The van der Waals surface area contributed by atoms with Gasteiger partial charge < -0.3 is 9.42 Å². The molecule has 1 aliphatic heterocycles. The molecule has 4 heterocycles. The number of hydrogen-bond acceptors (Lipinski definition) is 8. The Kier molecular flexibility index (Phi) is 6.27. The fourth-order valence-corrected chi connectivity index (χ4v) is 6.40. The summed E-state index contributed by atoms with van der Waals surface area (Å²) < 4.78 is 6.41. The van der Waals surface area contributed by atoms with Crippen molar-refractivity contribution in [2.45, 2.75) is 25.7 Å². The van der Waals surface area contributed by atoms with Gasteiger partial charge in [-0.1, -0.05) is 59.0 Å². The van der Waals surface area contributed by atoms with Crippen LogP contribution in [0.3, 0.4) is 0 Å². The van der Waals surface area contributed by atoms with Crippen molar-refractivity contribution in [3.05, 3.63) is 82.0 Å². The third-order valence-electron chi connectivity index (χ3n) is 6.52. The Bertz CT molecular complexity index is 1550. The molecule has 5 aromatic rings. The van der Waals surface area contributed by atoms with Crippen molar-refractivity contribution in [3.63, 3.8) is 0 Å². The summed E-state index contributed by atoms with van der Waals surface area (Å²) in [6, 6.07) is 17.4. The monoisotopic (exact) mass is 529 g/mol. The molecule has 3 aromatic heterocycles. The first kappa shape index (κ1) is 23.5. The molecule has 6 rings (SSSR count). The standard InChI is InChI=1S/C27H23N5O3S2/c1-16-22(23(31-35-16)17-7-3-2-4-8-17)26(34)32-13-11-18(12-14-32)25-28-20(15-36-25)24(33)30-27-29-19-9-5-6-10-21(19)37-27/h2-10,15,18H,11-14H2,1H3,(H,29,30,33). The molecule has 0 spiro atoms. The van der Waals surface area contributed by atoms with Gasteiger partial charge in [-0.15, -0.1) is 11.3 Å². The van der Waals surface area contributed by atoms with Gasteiger partial charge in [0.2, 0.25) is 0 Å². The van der Waals surface area contributed by atoms with Crippen molar-refractivity contribution < 1.29 is 14.1 Å². The van der Waals surface area contributed by atoms with Gasteiger partial charge in [-0.05, 0) is 31.9 Å². The maximum atomic E-state index is 13.4. The number of aryl methyl sites for hydroxylation is 1. The van der Waals surface area contributed by atoms with Crippen LogP contribution in [0.15, 0.2) is 64.5 Å². The zero-order valence-corrected chi connectivity index (χ0v) is 21.6. The van der Waals surface area contributed by atoms with Crippen LogP contribution in [0, 0.1) is 6.92 Å². The quantitative estimate of drug-likeness (QED) is 0.300. The van der Waals surface area contributed by atoms with Gasteiger partial charge in [0.05, 0.1) is 15.2 Å². The number of aromatic nitrogens is 3. The summed E-state index contributed by atoms with van der Waals surface area (Å²) in [5, 5.41) is 10.3. The molecule has 1 fully saturated rings. The molecule has 1 saturated heterocycles. The number of likely N-dealkylation sites (tertiary alicyclic amines) is 1. The minimum atomic E-state index is -0.259. The van der Waals surface area contributed by atoms with Crippen molar-refractivity contribution in [2.24, 2.45) is 0 Å². The van der Waals surface area contributed by atoms with Crippen LogP contribution in [0.25, 0.3) is 21.5 Å². The summed E-state index contributed by atoms with van der Waals surface area (Å²) in [5.74, 6) is 0.404. The number of rotatable bonds is 5. The number of benzene rings is 2. The minimum absolute atomic E-state index is 0.0638. The number of thiazole rings is 2. The molecular weight excluding hydrogens is 506 g/mol. The lowest BCUT2D eigenvalue weighted by Gasteiger charge is -2.31. The van der Waals surface area contributed by atoms with E-state index >= 15 is 0 Å². The average molecular weight is 530 g/mol. The van der Waals surface area contributed by atoms with Gasteiger partial charge >= 0.3 is 0 Å². The van der Waals surface area contributed by atoms with Crippen molar-refractivity contribution in [1.29, 1.82) is 0 Å². The highest BCUT2D eigenvalue weighted by Gasteiger charge is 2.31. The second kappa shape index (κ2) is 9.87. The Morgan fingerprint density at radius 3 is 2.57 bits per heavy atom. The second-order valence-electron chi connectivity index (χ2n) is 8.91. The molecule has 0 radical (unpaired) electrons. The molecular formula is C27H23N5O3S2. The van der Waals surface area contributed by atoms with E-state index in [9.17, 15) is 9.59 Å². The van der Waals surface area contributed by atoms with E-state index in [1.165, 1.54) is 22.7 Å². The number of fused-ring (bicyclic) bond motifs is 1. The van der Waals surface area contributed by atoms with Gasteiger partial charge in [-0.25, -0.2) is 9.97 Å². The Morgan fingerprint density at radius 2 is 1.78 bits per heavy atom. The highest BCUT2D eigenvalue weighted by Crippen LogP contribution is 2.33. The van der Waals surface area contributed by atoms with Crippen molar-refractivity contribution in [3.8, 4) is 11.3 Å². The predicted molar refractivity (Wildman–Crippen MR) is 144 cm³/mol. The van der Waals surface area contributed by atoms with Crippen LogP contribution in [0.1, 0.15) is 50.4 Å². The number of hydrogen-bond donors (Lipinski definition) is 1. The number of para-hydroxylation sites is 1. The normalized spacial score (nSPS) is 14.2. The highest BCUT2D eigenvalue weighted by molar-refractivity contribution is 7.22. The number of carbonyl (C=O) groups excluding carboxylic acids is 2. The Labute approximate surface area is 221 Å². The van der Waals surface area contributed by atoms with Gasteiger partial charge in [0.15, 0.2) is 5.13 Å². The highest BCUT2D eigenvalue weighted by atomic mass is 32.1. The number of nitrogens with zero attached hydrogens (tertiary/aromatic N) is 4. The number of carbonyl (C=O) groups is 2. The predicted octanol–water partition coefficient (Wildman–Crippen LogP) is 5.99. The molecule has 0 unspecified atom stereocenters. The molecule has 10 heteroatoms. The van der Waals surface area contributed by atoms with Crippen molar-refractivity contribution >= 4 is 49.8 Å². The van der Waals surface area contributed by atoms with Gasteiger partial charge in [-0.2, -0.15) is 0 Å². The zero-order chi connectivity index (χ0) is 25.4. The van der Waals surface area contributed by atoms with Gasteiger partial charge in [0, 0.05) is 30.0 Å². The van der Waals surface area contributed by atoms with Crippen LogP contribution in [0.5, 0.6) is 0 Å². The Hall–Kier alpha value is -3.89. The lowest BCUT2D eigenvalue weighted by atomic mass is 9.96. The summed E-state index contributed by atoms with van der Waals surface area (Å²) in [5.41, 5.74) is 3.21.